The Morgan fingerprint density at radius 1 is 1.00 bits per heavy atom. The zero-order valence-electron chi connectivity index (χ0n) is 16.0. The van der Waals surface area contributed by atoms with E-state index in [0.717, 1.165) is 16.2 Å². The summed E-state index contributed by atoms with van der Waals surface area (Å²) in [5.41, 5.74) is 1.58. The van der Waals surface area contributed by atoms with Crippen molar-refractivity contribution in [2.75, 3.05) is 0 Å². The number of rotatable bonds is 1. The Morgan fingerprint density at radius 3 is 2.48 bits per heavy atom. The van der Waals surface area contributed by atoms with Crippen molar-refractivity contribution in [3.8, 4) is 5.75 Å². The second-order valence-electron chi connectivity index (χ2n) is 7.50. The monoisotopic (exact) mass is 386 g/mol. The maximum atomic E-state index is 12.9. The highest BCUT2D eigenvalue weighted by Gasteiger charge is 2.33. The summed E-state index contributed by atoms with van der Waals surface area (Å²) >= 11 is 0. The Kier molecular flexibility index (Phi) is 3.71. The molecule has 1 atom stereocenters. The molecule has 5 rings (SSSR count). The standard InChI is InChI=1S/C23H18N2O4/c1-12-7-19-21(23(28)25(12)2)16(11-20(26)29-19)17-9-15-8-13-5-3-4-6-14(13)10-18(15)24-22(17)27/h3-10,16H,11H2,1-2H3,(H,24,27)/t16-/m1/s1. The summed E-state index contributed by atoms with van der Waals surface area (Å²) in [4.78, 5) is 41.0. The second-order valence-corrected chi connectivity index (χ2v) is 7.50. The minimum absolute atomic E-state index is 0.0481. The second kappa shape index (κ2) is 6.17. The molecule has 3 heterocycles. The molecular weight excluding hydrogens is 368 g/mol. The summed E-state index contributed by atoms with van der Waals surface area (Å²) < 4.78 is 6.83. The Morgan fingerprint density at radius 2 is 1.72 bits per heavy atom. The molecule has 1 N–H and O–H groups in total. The van der Waals surface area contributed by atoms with Gasteiger partial charge in [-0.3, -0.25) is 14.4 Å². The maximum Gasteiger partial charge on any atom is 0.312 e. The molecule has 0 radical (unpaired) electrons. The molecule has 6 heteroatoms. The summed E-state index contributed by atoms with van der Waals surface area (Å²) in [6.45, 7) is 1.77. The van der Waals surface area contributed by atoms with Gasteiger partial charge >= 0.3 is 5.97 Å². The predicted octanol–water partition coefficient (Wildman–Crippen LogP) is 3.13. The van der Waals surface area contributed by atoms with Gasteiger partial charge in [0.15, 0.2) is 0 Å². The maximum absolute atomic E-state index is 12.9. The molecule has 2 aromatic heterocycles. The van der Waals surface area contributed by atoms with Gasteiger partial charge in [-0.05, 0) is 41.3 Å². The van der Waals surface area contributed by atoms with E-state index in [2.05, 4.69) is 4.98 Å². The average molecular weight is 386 g/mol. The number of nitrogens with one attached hydrogen (secondary N) is 1. The highest BCUT2D eigenvalue weighted by molar-refractivity contribution is 5.96. The van der Waals surface area contributed by atoms with Crippen LogP contribution in [0.5, 0.6) is 5.75 Å². The van der Waals surface area contributed by atoms with Gasteiger partial charge in [-0.2, -0.15) is 0 Å². The number of aromatic nitrogens is 2. The van der Waals surface area contributed by atoms with Crippen LogP contribution in [-0.2, 0) is 11.8 Å². The van der Waals surface area contributed by atoms with E-state index in [4.69, 9.17) is 4.74 Å². The van der Waals surface area contributed by atoms with Crippen LogP contribution in [-0.4, -0.2) is 15.5 Å². The van der Waals surface area contributed by atoms with Gasteiger partial charge in [0.05, 0.1) is 12.0 Å². The van der Waals surface area contributed by atoms with E-state index in [1.165, 1.54) is 4.57 Å². The van der Waals surface area contributed by atoms with E-state index in [0.29, 0.717) is 22.3 Å². The van der Waals surface area contributed by atoms with Crippen molar-refractivity contribution in [2.45, 2.75) is 19.3 Å². The summed E-state index contributed by atoms with van der Waals surface area (Å²) in [6.07, 6.45) is -0.0481. The third-order valence-electron chi connectivity index (χ3n) is 5.73. The molecule has 2 aromatic carbocycles. The van der Waals surface area contributed by atoms with Gasteiger partial charge in [-0.15, -0.1) is 0 Å². The third kappa shape index (κ3) is 2.68. The fraction of sp³-hybridized carbons (Fsp3) is 0.174. The summed E-state index contributed by atoms with van der Waals surface area (Å²) in [6, 6.07) is 15.3. The molecule has 144 valence electrons. The largest absolute Gasteiger partial charge is 0.426 e. The van der Waals surface area contributed by atoms with Crippen LogP contribution in [0.25, 0.3) is 21.7 Å². The number of esters is 1. The SMILES string of the molecule is Cc1cc2c(c(=O)n1C)[C@@H](c1cc3cc4ccccc4cc3[nH]c1=O)CC(=O)O2. The average Bonchev–Trinajstić information content (AvgIpc) is 2.69. The minimum Gasteiger partial charge on any atom is -0.426 e. The van der Waals surface area contributed by atoms with Crippen molar-refractivity contribution in [3.05, 3.63) is 86.1 Å². The summed E-state index contributed by atoms with van der Waals surface area (Å²) in [5.74, 6) is -0.858. The van der Waals surface area contributed by atoms with Crippen molar-refractivity contribution in [1.82, 2.24) is 9.55 Å². The van der Waals surface area contributed by atoms with Crippen molar-refractivity contribution in [2.24, 2.45) is 7.05 Å². The fourth-order valence-electron chi connectivity index (χ4n) is 4.09. The van der Waals surface area contributed by atoms with E-state index < -0.39 is 11.9 Å². The number of fused-ring (bicyclic) bond motifs is 3. The molecule has 0 amide bonds. The van der Waals surface area contributed by atoms with Crippen LogP contribution < -0.4 is 15.9 Å². The van der Waals surface area contributed by atoms with Gasteiger partial charge in [-0.25, -0.2) is 0 Å². The first-order valence-corrected chi connectivity index (χ1v) is 9.39. The molecule has 0 saturated heterocycles. The number of H-pyrrole nitrogens is 1. The number of hydrogen-bond donors (Lipinski definition) is 1. The predicted molar refractivity (Wildman–Crippen MR) is 111 cm³/mol. The molecular formula is C23H18N2O4. The van der Waals surface area contributed by atoms with E-state index in [9.17, 15) is 14.4 Å². The first-order valence-electron chi connectivity index (χ1n) is 9.39. The van der Waals surface area contributed by atoms with Gasteiger partial charge in [0, 0.05) is 35.8 Å². The number of pyridine rings is 2. The molecule has 1 aliphatic rings. The molecule has 6 nitrogen and oxygen atoms in total. The number of carbonyl (C=O) groups excluding carboxylic acids is 1. The Labute approximate surface area is 165 Å². The number of benzene rings is 2. The number of carbonyl (C=O) groups is 1. The molecule has 29 heavy (non-hydrogen) atoms. The van der Waals surface area contributed by atoms with E-state index >= 15 is 0 Å². The highest BCUT2D eigenvalue weighted by Crippen LogP contribution is 2.36. The van der Waals surface area contributed by atoms with Crippen LogP contribution in [0.3, 0.4) is 0 Å². The number of ether oxygens (including phenoxy) is 1. The third-order valence-corrected chi connectivity index (χ3v) is 5.73. The number of hydrogen-bond acceptors (Lipinski definition) is 4. The Hall–Kier alpha value is -3.67. The molecule has 0 aliphatic carbocycles. The van der Waals surface area contributed by atoms with E-state index in [-0.39, 0.29) is 23.3 Å². The number of aromatic amines is 1. The van der Waals surface area contributed by atoms with E-state index in [1.54, 1.807) is 26.1 Å². The van der Waals surface area contributed by atoms with Crippen molar-refractivity contribution in [3.63, 3.8) is 0 Å². The topological polar surface area (TPSA) is 81.2 Å². The zero-order valence-corrected chi connectivity index (χ0v) is 16.0. The van der Waals surface area contributed by atoms with Crippen molar-refractivity contribution < 1.29 is 9.53 Å². The van der Waals surface area contributed by atoms with Crippen LogP contribution in [0.2, 0.25) is 0 Å². The van der Waals surface area contributed by atoms with Gasteiger partial charge in [0.2, 0.25) is 0 Å². The lowest BCUT2D eigenvalue weighted by Gasteiger charge is -2.25. The molecule has 0 saturated carbocycles. The lowest BCUT2D eigenvalue weighted by molar-refractivity contribution is -0.135. The zero-order chi connectivity index (χ0) is 20.3. The number of nitrogens with zero attached hydrogens (tertiary/aromatic N) is 1. The first kappa shape index (κ1) is 17.4. The molecule has 0 bridgehead atoms. The van der Waals surface area contributed by atoms with Crippen LogP contribution in [0.1, 0.15) is 29.2 Å². The highest BCUT2D eigenvalue weighted by atomic mass is 16.5. The smallest absolute Gasteiger partial charge is 0.312 e. The van der Waals surface area contributed by atoms with Gasteiger partial charge in [0.1, 0.15) is 5.75 Å². The molecule has 0 unspecified atom stereocenters. The van der Waals surface area contributed by atoms with Gasteiger partial charge in [0.25, 0.3) is 11.1 Å². The fourth-order valence-corrected chi connectivity index (χ4v) is 4.09. The number of aryl methyl sites for hydroxylation is 1. The van der Waals surface area contributed by atoms with Gasteiger partial charge in [-0.1, -0.05) is 24.3 Å². The van der Waals surface area contributed by atoms with Crippen molar-refractivity contribution in [1.29, 1.82) is 0 Å². The normalized spacial score (nSPS) is 16.1. The van der Waals surface area contributed by atoms with Gasteiger partial charge < -0.3 is 14.3 Å². The summed E-state index contributed by atoms with van der Waals surface area (Å²) in [7, 11) is 1.67. The lowest BCUT2D eigenvalue weighted by atomic mass is 9.87. The molecule has 1 aliphatic heterocycles. The quantitative estimate of drug-likeness (QED) is 0.403. The van der Waals surface area contributed by atoms with Crippen LogP contribution in [0.15, 0.2) is 58.1 Å². The lowest BCUT2D eigenvalue weighted by Crippen LogP contribution is -2.34. The summed E-state index contributed by atoms with van der Waals surface area (Å²) in [5, 5.41) is 2.93. The first-order chi connectivity index (χ1) is 13.9. The van der Waals surface area contributed by atoms with Crippen LogP contribution in [0.4, 0.5) is 0 Å². The Balaban J connectivity index is 1.78. The molecule has 0 fully saturated rings. The van der Waals surface area contributed by atoms with Crippen LogP contribution in [0, 0.1) is 6.92 Å². The van der Waals surface area contributed by atoms with Crippen molar-refractivity contribution >= 4 is 27.6 Å². The molecule has 4 aromatic rings. The van der Waals surface area contributed by atoms with E-state index in [1.807, 2.05) is 36.4 Å². The minimum atomic E-state index is -0.648. The Bertz CT molecular complexity index is 1450. The van der Waals surface area contributed by atoms with Crippen LogP contribution >= 0.6 is 0 Å². The molecule has 0 spiro atoms.